The van der Waals surface area contributed by atoms with Crippen molar-refractivity contribution in [2.45, 2.75) is 0 Å². The van der Waals surface area contributed by atoms with Crippen molar-refractivity contribution in [1.82, 2.24) is 25.0 Å². The minimum Gasteiger partial charge on any atom is -0.384 e. The summed E-state index contributed by atoms with van der Waals surface area (Å²) in [6.45, 7) is 0. The van der Waals surface area contributed by atoms with Gasteiger partial charge in [0.05, 0.1) is 10.0 Å². The lowest BCUT2D eigenvalue weighted by molar-refractivity contribution is 0.809. The Morgan fingerprint density at radius 1 is 1.00 bits per heavy atom. The molecule has 0 fully saturated rings. The Morgan fingerprint density at radius 3 is 2.56 bits per heavy atom. The quantitative estimate of drug-likeness (QED) is 0.548. The fraction of sp³-hybridized carbons (Fsp3) is 0. The molecule has 7 nitrogen and oxygen atoms in total. The Labute approximate surface area is 163 Å². The summed E-state index contributed by atoms with van der Waals surface area (Å²) < 4.78 is 1.57. The van der Waals surface area contributed by atoms with Crippen molar-refractivity contribution < 1.29 is 0 Å². The van der Waals surface area contributed by atoms with Gasteiger partial charge in [0.1, 0.15) is 11.5 Å². The highest BCUT2D eigenvalue weighted by molar-refractivity contribution is 6.42. The Hall–Kier alpha value is -3.16. The number of anilines is 1. The third-order valence-electron chi connectivity index (χ3n) is 3.90. The first-order valence-corrected chi connectivity index (χ1v) is 8.60. The van der Waals surface area contributed by atoms with Gasteiger partial charge in [-0.05, 0) is 35.9 Å². The molecule has 27 heavy (non-hydrogen) atoms. The summed E-state index contributed by atoms with van der Waals surface area (Å²) in [4.78, 5) is 15.3. The minimum atomic E-state index is -0.294. The number of aromatic nitrogens is 5. The Bertz CT molecular complexity index is 1180. The zero-order chi connectivity index (χ0) is 19.0. The molecule has 1 aromatic carbocycles. The van der Waals surface area contributed by atoms with Gasteiger partial charge in [0, 0.05) is 29.6 Å². The Balaban J connectivity index is 1.93. The summed E-state index contributed by atoms with van der Waals surface area (Å²) in [6, 6.07) is 11.8. The Morgan fingerprint density at radius 2 is 1.85 bits per heavy atom. The first kappa shape index (κ1) is 17.3. The van der Waals surface area contributed by atoms with Crippen molar-refractivity contribution in [2.75, 3.05) is 5.73 Å². The van der Waals surface area contributed by atoms with Crippen LogP contribution in [0.4, 0.5) is 5.82 Å². The highest BCUT2D eigenvalue weighted by atomic mass is 35.5. The van der Waals surface area contributed by atoms with Crippen molar-refractivity contribution in [3.8, 4) is 28.2 Å². The van der Waals surface area contributed by atoms with Crippen LogP contribution in [-0.2, 0) is 0 Å². The van der Waals surface area contributed by atoms with Crippen LogP contribution in [0.2, 0.25) is 10.0 Å². The molecule has 0 saturated heterocycles. The van der Waals surface area contributed by atoms with E-state index in [9.17, 15) is 4.79 Å². The average molecular weight is 399 g/mol. The van der Waals surface area contributed by atoms with Gasteiger partial charge in [-0.3, -0.25) is 4.79 Å². The number of rotatable bonds is 3. The second-order valence-electron chi connectivity index (χ2n) is 5.71. The van der Waals surface area contributed by atoms with Gasteiger partial charge in [-0.25, -0.2) is 14.8 Å². The highest BCUT2D eigenvalue weighted by Crippen LogP contribution is 2.35. The maximum Gasteiger partial charge on any atom is 0.264 e. The van der Waals surface area contributed by atoms with Gasteiger partial charge in [0.15, 0.2) is 5.82 Å². The van der Waals surface area contributed by atoms with Gasteiger partial charge in [-0.1, -0.05) is 29.3 Å². The molecule has 134 valence electrons. The van der Waals surface area contributed by atoms with Crippen LogP contribution in [0.15, 0.2) is 59.7 Å². The molecule has 0 aliphatic heterocycles. The first-order chi connectivity index (χ1) is 13.0. The normalized spacial score (nSPS) is 10.9. The van der Waals surface area contributed by atoms with Crippen LogP contribution < -0.4 is 11.3 Å². The van der Waals surface area contributed by atoms with Crippen molar-refractivity contribution in [3.63, 3.8) is 0 Å². The zero-order valence-electron chi connectivity index (χ0n) is 13.7. The van der Waals surface area contributed by atoms with Gasteiger partial charge >= 0.3 is 0 Å². The van der Waals surface area contributed by atoms with Gasteiger partial charge in [-0.2, -0.15) is 10.2 Å². The highest BCUT2D eigenvalue weighted by Gasteiger charge is 2.16. The number of nitrogens with one attached hydrogen (secondary N) is 1. The summed E-state index contributed by atoms with van der Waals surface area (Å²) in [7, 11) is 0. The van der Waals surface area contributed by atoms with Gasteiger partial charge in [0.25, 0.3) is 5.56 Å². The number of benzene rings is 1. The fourth-order valence-corrected chi connectivity index (χ4v) is 2.94. The van der Waals surface area contributed by atoms with Crippen molar-refractivity contribution in [1.29, 1.82) is 0 Å². The number of nitrogens with two attached hydrogens (primary N) is 1. The van der Waals surface area contributed by atoms with E-state index < -0.39 is 0 Å². The maximum absolute atomic E-state index is 11.3. The molecule has 3 aromatic heterocycles. The SMILES string of the molecule is Nc1cc(-c2cn(-c3ccc(=O)[nH]n3)nc2-c2ccc(Cl)c(Cl)c2)ccn1. The van der Waals surface area contributed by atoms with Crippen LogP contribution in [0.25, 0.3) is 28.2 Å². The third-order valence-corrected chi connectivity index (χ3v) is 4.64. The topological polar surface area (TPSA) is 102 Å². The van der Waals surface area contributed by atoms with E-state index in [1.165, 1.54) is 6.07 Å². The summed E-state index contributed by atoms with van der Waals surface area (Å²) in [5.41, 5.74) is 8.61. The number of nitrogen functional groups attached to an aromatic ring is 1. The number of hydrogen-bond acceptors (Lipinski definition) is 5. The molecular formula is C18H12Cl2N6O. The molecule has 4 aromatic rings. The van der Waals surface area contributed by atoms with Crippen molar-refractivity contribution in [3.05, 3.63) is 75.3 Å². The third kappa shape index (κ3) is 3.42. The number of halogens is 2. The van der Waals surface area contributed by atoms with Gasteiger partial charge in [0.2, 0.25) is 0 Å². The largest absolute Gasteiger partial charge is 0.384 e. The van der Waals surface area contributed by atoms with Crippen molar-refractivity contribution in [2.24, 2.45) is 0 Å². The molecule has 4 rings (SSSR count). The standard InChI is InChI=1S/C18H12Cl2N6O/c19-13-2-1-11(7-14(13)20)18-12(10-5-6-22-15(21)8-10)9-26(25-18)16-3-4-17(27)24-23-16/h1-9H,(H2,21,22)(H,24,27). The number of nitrogens with zero attached hydrogens (tertiary/aromatic N) is 4. The molecule has 0 spiro atoms. The van der Waals surface area contributed by atoms with Crippen LogP contribution in [0, 0.1) is 0 Å². The molecule has 3 heterocycles. The second kappa shape index (κ2) is 6.86. The molecule has 0 aliphatic rings. The molecule has 0 atom stereocenters. The minimum absolute atomic E-state index is 0.294. The van der Waals surface area contributed by atoms with Gasteiger partial charge in [-0.15, -0.1) is 0 Å². The van der Waals surface area contributed by atoms with E-state index in [1.54, 1.807) is 41.3 Å². The molecule has 3 N–H and O–H groups in total. The molecule has 9 heteroatoms. The smallest absolute Gasteiger partial charge is 0.264 e. The van der Waals surface area contributed by atoms with Crippen LogP contribution in [0.1, 0.15) is 0 Å². The van der Waals surface area contributed by atoms with E-state index >= 15 is 0 Å². The van der Waals surface area contributed by atoms with E-state index in [0.29, 0.717) is 27.4 Å². The van der Waals surface area contributed by atoms with E-state index in [2.05, 4.69) is 20.3 Å². The molecule has 0 radical (unpaired) electrons. The van der Waals surface area contributed by atoms with E-state index in [0.717, 1.165) is 16.7 Å². The zero-order valence-corrected chi connectivity index (χ0v) is 15.2. The fourth-order valence-electron chi connectivity index (χ4n) is 2.64. The van der Waals surface area contributed by atoms with E-state index in [-0.39, 0.29) is 5.56 Å². The van der Waals surface area contributed by atoms with Gasteiger partial charge < -0.3 is 5.73 Å². The molecule has 0 amide bonds. The predicted octanol–water partition coefficient (Wildman–Crippen LogP) is 3.57. The van der Waals surface area contributed by atoms with Crippen LogP contribution in [0.3, 0.4) is 0 Å². The molecule has 0 saturated carbocycles. The predicted molar refractivity (Wildman–Crippen MR) is 105 cm³/mol. The Kier molecular flexibility index (Phi) is 4.39. The van der Waals surface area contributed by atoms with Crippen LogP contribution >= 0.6 is 23.2 Å². The molecular weight excluding hydrogens is 387 g/mol. The lowest BCUT2D eigenvalue weighted by Gasteiger charge is -2.05. The van der Waals surface area contributed by atoms with E-state index in [4.69, 9.17) is 28.9 Å². The summed E-state index contributed by atoms with van der Waals surface area (Å²) in [5, 5.41) is 11.9. The number of hydrogen-bond donors (Lipinski definition) is 2. The van der Waals surface area contributed by atoms with Crippen LogP contribution in [-0.4, -0.2) is 25.0 Å². The monoisotopic (exact) mass is 398 g/mol. The first-order valence-electron chi connectivity index (χ1n) is 7.84. The number of aromatic amines is 1. The number of H-pyrrole nitrogens is 1. The second-order valence-corrected chi connectivity index (χ2v) is 6.53. The molecule has 0 aliphatic carbocycles. The van der Waals surface area contributed by atoms with E-state index in [1.807, 2.05) is 12.1 Å². The lowest BCUT2D eigenvalue weighted by Crippen LogP contribution is -2.09. The van der Waals surface area contributed by atoms with Crippen LogP contribution in [0.5, 0.6) is 0 Å². The average Bonchev–Trinajstić information content (AvgIpc) is 3.10. The molecule has 0 bridgehead atoms. The van der Waals surface area contributed by atoms with Crippen molar-refractivity contribution >= 4 is 29.0 Å². The summed E-state index contributed by atoms with van der Waals surface area (Å²) in [5.74, 6) is 0.853. The summed E-state index contributed by atoms with van der Waals surface area (Å²) >= 11 is 12.2. The summed E-state index contributed by atoms with van der Waals surface area (Å²) in [6.07, 6.45) is 3.42. The maximum atomic E-state index is 11.3. The number of pyridine rings is 1. The molecule has 0 unspecified atom stereocenters. The lowest BCUT2D eigenvalue weighted by atomic mass is 10.0.